The Hall–Kier alpha value is -0.390. The van der Waals surface area contributed by atoms with Crippen LogP contribution in [0.1, 0.15) is 26.7 Å². The van der Waals surface area contributed by atoms with Crippen molar-refractivity contribution < 1.29 is 13.2 Å². The molecule has 0 aromatic rings. The standard InChI is InChI=1S/C11H21NO3S/c1-10(2)11(4-7-15-8-5-11)6-9-16(13,14)12-3/h6,9-10,12H,4-5,7-8H2,1-3H3/b9-6+. The van der Waals surface area contributed by atoms with E-state index in [2.05, 4.69) is 18.6 Å². The van der Waals surface area contributed by atoms with Crippen molar-refractivity contribution in [1.82, 2.24) is 4.72 Å². The summed E-state index contributed by atoms with van der Waals surface area (Å²) in [6, 6.07) is 0. The normalized spacial score (nSPS) is 21.8. The maximum Gasteiger partial charge on any atom is 0.233 e. The monoisotopic (exact) mass is 247 g/mol. The molecule has 4 nitrogen and oxygen atoms in total. The van der Waals surface area contributed by atoms with Crippen molar-refractivity contribution in [1.29, 1.82) is 0 Å². The Labute approximate surface area is 98.1 Å². The molecule has 1 heterocycles. The Kier molecular flexibility index (Phi) is 4.52. The van der Waals surface area contributed by atoms with Gasteiger partial charge in [0.1, 0.15) is 0 Å². The van der Waals surface area contributed by atoms with Crippen LogP contribution < -0.4 is 4.72 Å². The van der Waals surface area contributed by atoms with Crippen LogP contribution in [0.15, 0.2) is 11.5 Å². The van der Waals surface area contributed by atoms with Crippen molar-refractivity contribution in [2.24, 2.45) is 11.3 Å². The minimum Gasteiger partial charge on any atom is -0.381 e. The Bertz CT molecular complexity index is 340. The Morgan fingerprint density at radius 3 is 2.31 bits per heavy atom. The van der Waals surface area contributed by atoms with Gasteiger partial charge in [-0.3, -0.25) is 0 Å². The topological polar surface area (TPSA) is 55.4 Å². The van der Waals surface area contributed by atoms with Gasteiger partial charge < -0.3 is 4.74 Å². The minimum atomic E-state index is -3.26. The lowest BCUT2D eigenvalue weighted by Crippen LogP contribution is -2.33. The lowest BCUT2D eigenvalue weighted by molar-refractivity contribution is 0.0166. The van der Waals surface area contributed by atoms with Crippen molar-refractivity contribution in [3.05, 3.63) is 11.5 Å². The van der Waals surface area contributed by atoms with Crippen molar-refractivity contribution in [3.8, 4) is 0 Å². The molecule has 1 rings (SSSR count). The van der Waals surface area contributed by atoms with E-state index in [-0.39, 0.29) is 5.41 Å². The van der Waals surface area contributed by atoms with Crippen molar-refractivity contribution >= 4 is 10.0 Å². The molecule has 1 fully saturated rings. The molecular weight excluding hydrogens is 226 g/mol. The van der Waals surface area contributed by atoms with Gasteiger partial charge in [0.25, 0.3) is 0 Å². The van der Waals surface area contributed by atoms with Gasteiger partial charge in [-0.25, -0.2) is 13.1 Å². The van der Waals surface area contributed by atoms with Crippen molar-refractivity contribution in [2.45, 2.75) is 26.7 Å². The number of ether oxygens (including phenoxy) is 1. The molecule has 0 radical (unpaired) electrons. The highest BCUT2D eigenvalue weighted by Crippen LogP contribution is 2.39. The van der Waals surface area contributed by atoms with Crippen LogP contribution >= 0.6 is 0 Å². The van der Waals surface area contributed by atoms with Gasteiger partial charge in [0.15, 0.2) is 0 Å². The summed E-state index contributed by atoms with van der Waals surface area (Å²) >= 11 is 0. The second kappa shape index (κ2) is 5.29. The predicted octanol–water partition coefficient (Wildman–Crippen LogP) is 1.50. The summed E-state index contributed by atoms with van der Waals surface area (Å²) in [4.78, 5) is 0. The fourth-order valence-electron chi connectivity index (χ4n) is 1.98. The first kappa shape index (κ1) is 13.7. The third-order valence-electron chi connectivity index (χ3n) is 3.44. The molecule has 0 aliphatic carbocycles. The van der Waals surface area contributed by atoms with Gasteiger partial charge in [-0.2, -0.15) is 0 Å². The van der Waals surface area contributed by atoms with E-state index in [1.165, 1.54) is 12.5 Å². The van der Waals surface area contributed by atoms with E-state index in [4.69, 9.17) is 4.74 Å². The van der Waals surface area contributed by atoms with Gasteiger partial charge in [0, 0.05) is 18.6 Å². The highest BCUT2D eigenvalue weighted by Gasteiger charge is 2.33. The van der Waals surface area contributed by atoms with Crippen molar-refractivity contribution in [3.63, 3.8) is 0 Å². The molecule has 1 aliphatic heterocycles. The number of sulfonamides is 1. The molecule has 16 heavy (non-hydrogen) atoms. The summed E-state index contributed by atoms with van der Waals surface area (Å²) in [5.41, 5.74) is -0.0395. The fraction of sp³-hybridized carbons (Fsp3) is 0.818. The maximum absolute atomic E-state index is 11.4. The summed E-state index contributed by atoms with van der Waals surface area (Å²) in [5.74, 6) is 0.416. The molecule has 5 heteroatoms. The summed E-state index contributed by atoms with van der Waals surface area (Å²) in [7, 11) is -1.84. The average molecular weight is 247 g/mol. The molecule has 0 aromatic heterocycles. The number of hydrogen-bond donors (Lipinski definition) is 1. The Morgan fingerprint density at radius 1 is 1.31 bits per heavy atom. The smallest absolute Gasteiger partial charge is 0.233 e. The van der Waals surface area contributed by atoms with E-state index in [0.29, 0.717) is 19.1 Å². The first-order valence-corrected chi connectivity index (χ1v) is 7.17. The summed E-state index contributed by atoms with van der Waals surface area (Å²) in [5, 5.41) is 1.29. The van der Waals surface area contributed by atoms with Gasteiger partial charge in [-0.1, -0.05) is 19.9 Å². The summed E-state index contributed by atoms with van der Waals surface area (Å²) in [6.07, 6.45) is 3.62. The minimum absolute atomic E-state index is 0.0395. The molecular formula is C11H21NO3S. The maximum atomic E-state index is 11.4. The molecule has 0 unspecified atom stereocenters. The van der Waals surface area contributed by atoms with Crippen LogP contribution in [-0.4, -0.2) is 28.7 Å². The predicted molar refractivity (Wildman–Crippen MR) is 64.4 cm³/mol. The third kappa shape index (κ3) is 3.30. The highest BCUT2D eigenvalue weighted by molar-refractivity contribution is 7.92. The van der Waals surface area contributed by atoms with Crippen LogP contribution in [-0.2, 0) is 14.8 Å². The van der Waals surface area contributed by atoms with Crippen LogP contribution in [0.4, 0.5) is 0 Å². The van der Waals surface area contributed by atoms with Crippen LogP contribution in [0.25, 0.3) is 0 Å². The molecule has 0 atom stereocenters. The van der Waals surface area contributed by atoms with Gasteiger partial charge >= 0.3 is 0 Å². The lowest BCUT2D eigenvalue weighted by atomic mass is 9.71. The van der Waals surface area contributed by atoms with E-state index in [1.54, 1.807) is 0 Å². The first-order valence-electron chi connectivity index (χ1n) is 5.62. The number of hydrogen-bond acceptors (Lipinski definition) is 3. The van der Waals surface area contributed by atoms with Gasteiger partial charge in [0.05, 0.1) is 0 Å². The van der Waals surface area contributed by atoms with E-state index < -0.39 is 10.0 Å². The van der Waals surface area contributed by atoms with Crippen LogP contribution in [0, 0.1) is 11.3 Å². The summed E-state index contributed by atoms with van der Waals surface area (Å²) in [6.45, 7) is 5.67. The number of rotatable bonds is 4. The third-order valence-corrected chi connectivity index (χ3v) is 4.50. The molecule has 0 saturated carbocycles. The highest BCUT2D eigenvalue weighted by atomic mass is 32.2. The Morgan fingerprint density at radius 2 is 1.88 bits per heavy atom. The second-order valence-corrected chi connectivity index (χ2v) is 6.32. The van der Waals surface area contributed by atoms with Crippen LogP contribution in [0.2, 0.25) is 0 Å². The van der Waals surface area contributed by atoms with E-state index in [0.717, 1.165) is 12.8 Å². The van der Waals surface area contributed by atoms with E-state index in [9.17, 15) is 8.42 Å². The van der Waals surface area contributed by atoms with Crippen molar-refractivity contribution in [2.75, 3.05) is 20.3 Å². The number of allylic oxidation sites excluding steroid dienone is 1. The fourth-order valence-corrected chi connectivity index (χ4v) is 2.57. The van der Waals surface area contributed by atoms with Gasteiger partial charge in [0.2, 0.25) is 10.0 Å². The molecule has 0 aromatic carbocycles. The Balaban J connectivity index is 2.87. The van der Waals surface area contributed by atoms with Gasteiger partial charge in [-0.15, -0.1) is 0 Å². The summed E-state index contributed by atoms with van der Waals surface area (Å²) < 4.78 is 30.4. The molecule has 0 bridgehead atoms. The second-order valence-electron chi connectivity index (χ2n) is 4.55. The largest absolute Gasteiger partial charge is 0.381 e. The van der Waals surface area contributed by atoms with E-state index >= 15 is 0 Å². The molecule has 1 saturated heterocycles. The molecule has 0 amide bonds. The van der Waals surface area contributed by atoms with E-state index in [1.807, 2.05) is 6.08 Å². The first-order chi connectivity index (χ1) is 7.42. The zero-order chi connectivity index (χ0) is 12.2. The van der Waals surface area contributed by atoms with Crippen LogP contribution in [0.5, 0.6) is 0 Å². The van der Waals surface area contributed by atoms with Gasteiger partial charge in [-0.05, 0) is 31.2 Å². The zero-order valence-electron chi connectivity index (χ0n) is 10.2. The average Bonchev–Trinajstić information content (AvgIpc) is 2.28. The lowest BCUT2D eigenvalue weighted by Gasteiger charge is -2.38. The SMILES string of the molecule is CNS(=O)(=O)/C=C/C1(C(C)C)CCOCC1. The van der Waals surface area contributed by atoms with Crippen LogP contribution in [0.3, 0.4) is 0 Å². The molecule has 1 N–H and O–H groups in total. The zero-order valence-corrected chi connectivity index (χ0v) is 11.0. The number of nitrogens with one attached hydrogen (secondary N) is 1. The quantitative estimate of drug-likeness (QED) is 0.819. The molecule has 0 spiro atoms. The molecule has 94 valence electrons. The molecule has 1 aliphatic rings.